The zero-order chi connectivity index (χ0) is 13.8. The van der Waals surface area contributed by atoms with Crippen LogP contribution < -0.4 is 5.73 Å². The van der Waals surface area contributed by atoms with E-state index in [0.29, 0.717) is 19.0 Å². The van der Waals surface area contributed by atoms with E-state index >= 15 is 0 Å². The topological polar surface area (TPSA) is 72.6 Å². The number of nitrogens with zero attached hydrogens (tertiary/aromatic N) is 1. The highest BCUT2D eigenvalue weighted by atomic mass is 32.2. The Balaban J connectivity index is 2.59. The average molecular weight is 278 g/mol. The van der Waals surface area contributed by atoms with E-state index in [-0.39, 0.29) is 24.5 Å². The van der Waals surface area contributed by atoms with Crippen LogP contribution in [0.25, 0.3) is 0 Å². The average Bonchev–Trinajstić information content (AvgIpc) is 2.27. The van der Waals surface area contributed by atoms with Gasteiger partial charge in [-0.15, -0.1) is 0 Å². The van der Waals surface area contributed by atoms with Gasteiger partial charge in [0.05, 0.1) is 18.5 Å². The molecule has 1 aliphatic rings. The quantitative estimate of drug-likeness (QED) is 0.780. The van der Waals surface area contributed by atoms with E-state index in [9.17, 15) is 8.42 Å². The number of rotatable bonds is 6. The molecule has 2 N–H and O–H groups in total. The Morgan fingerprint density at radius 2 is 2.11 bits per heavy atom. The van der Waals surface area contributed by atoms with Crippen LogP contribution in [-0.4, -0.2) is 50.3 Å². The molecular weight excluding hydrogens is 252 g/mol. The lowest BCUT2D eigenvalue weighted by molar-refractivity contribution is 0.0900. The normalized spacial score (nSPS) is 26.7. The highest BCUT2D eigenvalue weighted by molar-refractivity contribution is 7.89. The number of sulfonamides is 1. The largest absolute Gasteiger partial charge is 0.378 e. The minimum absolute atomic E-state index is 0.0437. The van der Waals surface area contributed by atoms with Crippen LogP contribution in [0.4, 0.5) is 0 Å². The van der Waals surface area contributed by atoms with Crippen molar-refractivity contribution in [2.45, 2.75) is 45.8 Å². The number of hydrogen-bond acceptors (Lipinski definition) is 4. The van der Waals surface area contributed by atoms with Crippen molar-refractivity contribution in [1.29, 1.82) is 0 Å². The van der Waals surface area contributed by atoms with Gasteiger partial charge in [-0.2, -0.15) is 4.31 Å². The molecule has 2 atom stereocenters. The maximum atomic E-state index is 12.2. The molecule has 5 nitrogen and oxygen atoms in total. The Hall–Kier alpha value is -0.170. The first-order chi connectivity index (χ1) is 8.36. The van der Waals surface area contributed by atoms with Crippen molar-refractivity contribution >= 4 is 10.0 Å². The standard InChI is InChI=1S/C12H26N2O3S/c1-10(2)17-6-7-18(15,16)14-5-4-11(3)8-12(14)9-13/h10-12H,4-9,13H2,1-3H3. The maximum absolute atomic E-state index is 12.2. The SMILES string of the molecule is CC1CCN(S(=O)(=O)CCOC(C)C)C(CN)C1. The van der Waals surface area contributed by atoms with E-state index in [2.05, 4.69) is 6.92 Å². The summed E-state index contributed by atoms with van der Waals surface area (Å²) >= 11 is 0. The van der Waals surface area contributed by atoms with Gasteiger partial charge in [-0.25, -0.2) is 8.42 Å². The second kappa shape index (κ2) is 6.84. The van der Waals surface area contributed by atoms with Gasteiger partial charge in [0.25, 0.3) is 0 Å². The van der Waals surface area contributed by atoms with Gasteiger partial charge in [0.15, 0.2) is 0 Å². The molecule has 1 saturated heterocycles. The van der Waals surface area contributed by atoms with Gasteiger partial charge in [-0.3, -0.25) is 0 Å². The molecule has 0 aliphatic carbocycles. The smallest absolute Gasteiger partial charge is 0.216 e. The number of nitrogens with two attached hydrogens (primary N) is 1. The molecule has 18 heavy (non-hydrogen) atoms. The predicted octanol–water partition coefficient (Wildman–Crippen LogP) is 0.800. The van der Waals surface area contributed by atoms with Gasteiger partial charge in [0, 0.05) is 19.1 Å². The van der Waals surface area contributed by atoms with Crippen molar-refractivity contribution in [2.75, 3.05) is 25.4 Å². The summed E-state index contributed by atoms with van der Waals surface area (Å²) in [6, 6.07) is -0.0437. The fraction of sp³-hybridized carbons (Fsp3) is 1.00. The lowest BCUT2D eigenvalue weighted by Gasteiger charge is -2.36. The fourth-order valence-corrected chi connectivity index (χ4v) is 3.87. The highest BCUT2D eigenvalue weighted by Crippen LogP contribution is 2.24. The molecule has 1 fully saturated rings. The molecular formula is C12H26N2O3S. The van der Waals surface area contributed by atoms with E-state index in [0.717, 1.165) is 12.8 Å². The number of piperidine rings is 1. The third-order valence-electron chi connectivity index (χ3n) is 3.35. The lowest BCUT2D eigenvalue weighted by Crippen LogP contribution is -2.50. The van der Waals surface area contributed by atoms with Gasteiger partial charge in [0.1, 0.15) is 0 Å². The second-order valence-corrected chi connectivity index (χ2v) is 7.41. The summed E-state index contributed by atoms with van der Waals surface area (Å²) in [7, 11) is -3.24. The van der Waals surface area contributed by atoms with Gasteiger partial charge in [-0.05, 0) is 32.6 Å². The number of ether oxygens (including phenoxy) is 1. The molecule has 2 unspecified atom stereocenters. The van der Waals surface area contributed by atoms with Crippen LogP contribution in [0.2, 0.25) is 0 Å². The van der Waals surface area contributed by atoms with Gasteiger partial charge in [0.2, 0.25) is 10.0 Å². The van der Waals surface area contributed by atoms with Crippen LogP contribution >= 0.6 is 0 Å². The van der Waals surface area contributed by atoms with E-state index in [1.54, 1.807) is 4.31 Å². The van der Waals surface area contributed by atoms with Crippen molar-refractivity contribution in [3.63, 3.8) is 0 Å². The molecule has 0 aromatic carbocycles. The first-order valence-corrected chi connectivity index (χ1v) is 8.29. The van der Waals surface area contributed by atoms with Crippen molar-refractivity contribution in [2.24, 2.45) is 11.7 Å². The van der Waals surface area contributed by atoms with Crippen LogP contribution in [0.5, 0.6) is 0 Å². The molecule has 0 bridgehead atoms. The van der Waals surface area contributed by atoms with Crippen molar-refractivity contribution < 1.29 is 13.2 Å². The molecule has 108 valence electrons. The summed E-state index contributed by atoms with van der Waals surface area (Å²) < 4.78 is 31.4. The third kappa shape index (κ3) is 4.50. The Kier molecular flexibility index (Phi) is 6.04. The first kappa shape index (κ1) is 15.9. The van der Waals surface area contributed by atoms with Gasteiger partial charge >= 0.3 is 0 Å². The summed E-state index contributed by atoms with van der Waals surface area (Å²) in [5.74, 6) is 0.604. The predicted molar refractivity (Wildman–Crippen MR) is 72.8 cm³/mol. The van der Waals surface area contributed by atoms with Crippen LogP contribution in [0.15, 0.2) is 0 Å². The van der Waals surface area contributed by atoms with E-state index in [1.807, 2.05) is 13.8 Å². The van der Waals surface area contributed by atoms with E-state index in [1.165, 1.54) is 0 Å². The highest BCUT2D eigenvalue weighted by Gasteiger charge is 2.33. The monoisotopic (exact) mass is 278 g/mol. The molecule has 0 spiro atoms. The molecule has 0 saturated carbocycles. The van der Waals surface area contributed by atoms with Crippen LogP contribution in [0.3, 0.4) is 0 Å². The van der Waals surface area contributed by atoms with Crippen LogP contribution in [-0.2, 0) is 14.8 Å². The summed E-state index contributed by atoms with van der Waals surface area (Å²) in [5.41, 5.74) is 5.69. The minimum Gasteiger partial charge on any atom is -0.378 e. The molecule has 1 rings (SSSR count). The van der Waals surface area contributed by atoms with Crippen LogP contribution in [0, 0.1) is 5.92 Å². The molecule has 6 heteroatoms. The third-order valence-corrected chi connectivity index (χ3v) is 5.22. The van der Waals surface area contributed by atoms with Gasteiger partial charge < -0.3 is 10.5 Å². The van der Waals surface area contributed by atoms with E-state index in [4.69, 9.17) is 10.5 Å². The van der Waals surface area contributed by atoms with Crippen LogP contribution in [0.1, 0.15) is 33.6 Å². The first-order valence-electron chi connectivity index (χ1n) is 6.68. The molecule has 0 aromatic rings. The molecule has 1 heterocycles. The zero-order valence-corrected chi connectivity index (χ0v) is 12.4. The van der Waals surface area contributed by atoms with Crippen molar-refractivity contribution in [1.82, 2.24) is 4.31 Å². The fourth-order valence-electron chi connectivity index (χ4n) is 2.32. The Morgan fingerprint density at radius 1 is 1.44 bits per heavy atom. The van der Waals surface area contributed by atoms with E-state index < -0.39 is 10.0 Å². The van der Waals surface area contributed by atoms with Gasteiger partial charge in [-0.1, -0.05) is 6.92 Å². The summed E-state index contributed by atoms with van der Waals surface area (Å²) in [6.45, 7) is 7.19. The lowest BCUT2D eigenvalue weighted by atomic mass is 9.94. The summed E-state index contributed by atoms with van der Waals surface area (Å²) in [5, 5.41) is 0. The maximum Gasteiger partial charge on any atom is 0.216 e. The minimum atomic E-state index is -3.24. The van der Waals surface area contributed by atoms with Crippen molar-refractivity contribution in [3.05, 3.63) is 0 Å². The second-order valence-electron chi connectivity index (χ2n) is 5.37. The Morgan fingerprint density at radius 3 is 2.67 bits per heavy atom. The Bertz CT molecular complexity index is 343. The summed E-state index contributed by atoms with van der Waals surface area (Å²) in [4.78, 5) is 0. The Labute approximate surface area is 111 Å². The zero-order valence-electron chi connectivity index (χ0n) is 11.6. The molecule has 0 aromatic heterocycles. The summed E-state index contributed by atoms with van der Waals surface area (Å²) in [6.07, 6.45) is 1.84. The number of hydrogen-bond donors (Lipinski definition) is 1. The molecule has 0 radical (unpaired) electrons. The molecule has 0 amide bonds. The van der Waals surface area contributed by atoms with Crippen molar-refractivity contribution in [3.8, 4) is 0 Å². The molecule has 1 aliphatic heterocycles.